The number of benzene rings is 1. The highest BCUT2D eigenvalue weighted by Crippen LogP contribution is 2.21. The van der Waals surface area contributed by atoms with E-state index in [0.717, 1.165) is 25.2 Å². The molecule has 4 heteroatoms. The van der Waals surface area contributed by atoms with Gasteiger partial charge in [-0.05, 0) is 17.9 Å². The zero-order chi connectivity index (χ0) is 13.7. The van der Waals surface area contributed by atoms with Crippen LogP contribution in [-0.4, -0.2) is 32.3 Å². The number of carbonyl (C=O) groups excluding carboxylic acids is 1. The van der Waals surface area contributed by atoms with Crippen LogP contribution in [0.1, 0.15) is 24.9 Å². The first kappa shape index (κ1) is 14.0. The summed E-state index contributed by atoms with van der Waals surface area (Å²) in [5.74, 6) is 0.148. The van der Waals surface area contributed by atoms with E-state index in [1.165, 1.54) is 7.11 Å². The predicted octanol–water partition coefficient (Wildman–Crippen LogP) is 1.92. The van der Waals surface area contributed by atoms with Crippen molar-refractivity contribution < 1.29 is 14.3 Å². The molecule has 0 aliphatic carbocycles. The Labute approximate surface area is 114 Å². The van der Waals surface area contributed by atoms with Crippen LogP contribution in [0.5, 0.6) is 0 Å². The zero-order valence-electron chi connectivity index (χ0n) is 11.5. The number of hydrogen-bond donors (Lipinski definition) is 1. The average Bonchev–Trinajstić information content (AvgIpc) is 2.46. The van der Waals surface area contributed by atoms with E-state index in [1.54, 1.807) is 0 Å². The molecule has 4 nitrogen and oxygen atoms in total. The number of hydrogen-bond acceptors (Lipinski definition) is 4. The Balaban J connectivity index is 2.12. The average molecular weight is 263 g/mol. The fourth-order valence-electron chi connectivity index (χ4n) is 2.41. The van der Waals surface area contributed by atoms with Crippen molar-refractivity contribution in [3.05, 3.63) is 35.9 Å². The van der Waals surface area contributed by atoms with E-state index in [0.29, 0.717) is 5.92 Å². The molecule has 0 aromatic heterocycles. The van der Waals surface area contributed by atoms with Crippen molar-refractivity contribution in [3.63, 3.8) is 0 Å². The van der Waals surface area contributed by atoms with Gasteiger partial charge in [0.25, 0.3) is 0 Å². The summed E-state index contributed by atoms with van der Waals surface area (Å²) in [5, 5.41) is 3.42. The number of carbonyl (C=O) groups is 1. The highest BCUT2D eigenvalue weighted by Gasteiger charge is 2.29. The molecule has 1 fully saturated rings. The number of methoxy groups -OCH3 is 1. The Bertz CT molecular complexity index is 407. The Hall–Kier alpha value is -1.39. The van der Waals surface area contributed by atoms with Gasteiger partial charge in [-0.25, -0.2) is 4.79 Å². The van der Waals surface area contributed by atoms with Crippen LogP contribution in [0.3, 0.4) is 0 Å². The molecule has 2 rings (SSSR count). The first-order chi connectivity index (χ1) is 9.22. The molecule has 0 amide bonds. The number of rotatable bonds is 4. The van der Waals surface area contributed by atoms with Crippen LogP contribution < -0.4 is 5.32 Å². The topological polar surface area (TPSA) is 47.6 Å². The molecule has 104 valence electrons. The van der Waals surface area contributed by atoms with Gasteiger partial charge >= 0.3 is 5.97 Å². The lowest BCUT2D eigenvalue weighted by molar-refractivity contribution is -0.144. The van der Waals surface area contributed by atoms with Gasteiger partial charge in [0.2, 0.25) is 0 Å². The van der Waals surface area contributed by atoms with Crippen LogP contribution in [-0.2, 0) is 14.3 Å². The van der Waals surface area contributed by atoms with E-state index >= 15 is 0 Å². The van der Waals surface area contributed by atoms with Crippen LogP contribution in [0.2, 0.25) is 0 Å². The van der Waals surface area contributed by atoms with Gasteiger partial charge < -0.3 is 9.47 Å². The highest BCUT2D eigenvalue weighted by molar-refractivity contribution is 5.77. The maximum absolute atomic E-state index is 12.0. The van der Waals surface area contributed by atoms with E-state index in [4.69, 9.17) is 9.47 Å². The Morgan fingerprint density at radius 1 is 1.42 bits per heavy atom. The Morgan fingerprint density at radius 3 is 2.79 bits per heavy atom. The molecule has 1 saturated heterocycles. The SMILES string of the molecule is COC(=O)C(NC1CCOCC1C)c1ccccc1. The number of nitrogens with one attached hydrogen (secondary N) is 1. The first-order valence-electron chi connectivity index (χ1n) is 6.69. The lowest BCUT2D eigenvalue weighted by Gasteiger charge is -2.32. The molecular weight excluding hydrogens is 242 g/mol. The first-order valence-corrected chi connectivity index (χ1v) is 6.69. The molecule has 0 spiro atoms. The Kier molecular flexibility index (Phi) is 4.93. The largest absolute Gasteiger partial charge is 0.468 e. The van der Waals surface area contributed by atoms with E-state index in [9.17, 15) is 4.79 Å². The van der Waals surface area contributed by atoms with Gasteiger partial charge in [0, 0.05) is 12.6 Å². The van der Waals surface area contributed by atoms with Crippen LogP contribution in [0.15, 0.2) is 30.3 Å². The fourth-order valence-corrected chi connectivity index (χ4v) is 2.41. The smallest absolute Gasteiger partial charge is 0.327 e. The monoisotopic (exact) mass is 263 g/mol. The third-order valence-corrected chi connectivity index (χ3v) is 3.59. The zero-order valence-corrected chi connectivity index (χ0v) is 11.5. The summed E-state index contributed by atoms with van der Waals surface area (Å²) in [7, 11) is 1.42. The molecule has 1 N–H and O–H groups in total. The van der Waals surface area contributed by atoms with Crippen molar-refractivity contribution in [1.82, 2.24) is 5.32 Å². The lowest BCUT2D eigenvalue weighted by atomic mass is 9.95. The summed E-state index contributed by atoms with van der Waals surface area (Å²) < 4.78 is 10.3. The minimum Gasteiger partial charge on any atom is -0.468 e. The summed E-state index contributed by atoms with van der Waals surface area (Å²) in [6, 6.07) is 9.56. The second kappa shape index (κ2) is 6.68. The quantitative estimate of drug-likeness (QED) is 0.843. The molecule has 0 bridgehead atoms. The minimum atomic E-state index is -0.406. The summed E-state index contributed by atoms with van der Waals surface area (Å²) >= 11 is 0. The van der Waals surface area contributed by atoms with Crippen molar-refractivity contribution in [2.45, 2.75) is 25.4 Å². The van der Waals surface area contributed by atoms with E-state index < -0.39 is 6.04 Å². The number of esters is 1. The van der Waals surface area contributed by atoms with Crippen LogP contribution in [0.4, 0.5) is 0 Å². The van der Waals surface area contributed by atoms with Gasteiger partial charge in [-0.15, -0.1) is 0 Å². The second-order valence-electron chi connectivity index (χ2n) is 4.98. The lowest BCUT2D eigenvalue weighted by Crippen LogP contribution is -2.45. The van der Waals surface area contributed by atoms with Gasteiger partial charge in [-0.3, -0.25) is 5.32 Å². The van der Waals surface area contributed by atoms with Crippen LogP contribution in [0, 0.1) is 5.92 Å². The fraction of sp³-hybridized carbons (Fsp3) is 0.533. The standard InChI is InChI=1S/C15H21NO3/c1-11-10-19-9-8-13(11)16-14(15(17)18-2)12-6-4-3-5-7-12/h3-7,11,13-14,16H,8-10H2,1-2H3. The van der Waals surface area contributed by atoms with Gasteiger partial charge in [-0.2, -0.15) is 0 Å². The summed E-state index contributed by atoms with van der Waals surface area (Å²) in [6.45, 7) is 3.61. The van der Waals surface area contributed by atoms with Gasteiger partial charge in [-0.1, -0.05) is 37.3 Å². The van der Waals surface area contributed by atoms with Crippen molar-refractivity contribution in [2.24, 2.45) is 5.92 Å². The molecule has 0 saturated carbocycles. The third-order valence-electron chi connectivity index (χ3n) is 3.59. The summed E-state index contributed by atoms with van der Waals surface area (Å²) in [5.41, 5.74) is 0.938. The van der Waals surface area contributed by atoms with Crippen molar-refractivity contribution in [1.29, 1.82) is 0 Å². The molecule has 19 heavy (non-hydrogen) atoms. The normalized spacial score (nSPS) is 24.7. The van der Waals surface area contributed by atoms with Gasteiger partial charge in [0.1, 0.15) is 6.04 Å². The molecule has 1 heterocycles. The molecule has 3 unspecified atom stereocenters. The van der Waals surface area contributed by atoms with Gasteiger partial charge in [0.05, 0.1) is 13.7 Å². The van der Waals surface area contributed by atoms with Crippen LogP contribution in [0.25, 0.3) is 0 Å². The summed E-state index contributed by atoms with van der Waals surface area (Å²) in [4.78, 5) is 12.0. The molecule has 1 aliphatic rings. The molecule has 1 aromatic rings. The molecule has 3 atom stereocenters. The summed E-state index contributed by atoms with van der Waals surface area (Å²) in [6.07, 6.45) is 0.918. The minimum absolute atomic E-state index is 0.245. The third kappa shape index (κ3) is 3.55. The molecule has 0 radical (unpaired) electrons. The van der Waals surface area contributed by atoms with E-state index in [1.807, 2.05) is 30.3 Å². The van der Waals surface area contributed by atoms with Crippen molar-refractivity contribution in [2.75, 3.05) is 20.3 Å². The molecular formula is C15H21NO3. The van der Waals surface area contributed by atoms with Crippen molar-refractivity contribution in [3.8, 4) is 0 Å². The van der Waals surface area contributed by atoms with E-state index in [-0.39, 0.29) is 12.0 Å². The maximum Gasteiger partial charge on any atom is 0.327 e. The Morgan fingerprint density at radius 2 is 2.16 bits per heavy atom. The maximum atomic E-state index is 12.0. The predicted molar refractivity (Wildman–Crippen MR) is 72.7 cm³/mol. The van der Waals surface area contributed by atoms with Crippen molar-refractivity contribution >= 4 is 5.97 Å². The number of ether oxygens (including phenoxy) is 2. The second-order valence-corrected chi connectivity index (χ2v) is 4.98. The molecule has 1 aliphatic heterocycles. The van der Waals surface area contributed by atoms with E-state index in [2.05, 4.69) is 12.2 Å². The van der Waals surface area contributed by atoms with Crippen LogP contribution >= 0.6 is 0 Å². The molecule has 1 aromatic carbocycles. The van der Waals surface area contributed by atoms with Gasteiger partial charge in [0.15, 0.2) is 0 Å². The highest BCUT2D eigenvalue weighted by atomic mass is 16.5.